The van der Waals surface area contributed by atoms with E-state index in [0.29, 0.717) is 0 Å². The first-order valence-corrected chi connectivity index (χ1v) is 13.8. The van der Waals surface area contributed by atoms with E-state index in [4.69, 9.17) is 19.3 Å². The van der Waals surface area contributed by atoms with Crippen LogP contribution in [0.2, 0.25) is 0 Å². The minimum atomic E-state index is -5.73. The molecule has 0 spiro atoms. The highest BCUT2D eigenvalue weighted by atomic mass is 31.3. The van der Waals surface area contributed by atoms with Gasteiger partial charge in [0.15, 0.2) is 12.3 Å². The van der Waals surface area contributed by atoms with E-state index in [2.05, 4.69) is 13.1 Å². The lowest BCUT2D eigenvalue weighted by atomic mass is 9.78. The molecular formula is C14H23N2O15P3. The van der Waals surface area contributed by atoms with Crippen molar-refractivity contribution in [1.82, 2.24) is 9.55 Å². The number of H-pyrrole nitrogens is 1. The molecule has 20 heteroatoms. The maximum Gasteiger partial charge on any atom is 0.490 e. The molecule has 2 unspecified atom stereocenters. The second kappa shape index (κ2) is 10.2. The molecule has 1 aromatic rings. The number of nitrogens with one attached hydrogen (secondary N) is 1. The Morgan fingerprint density at radius 1 is 1.18 bits per heavy atom. The quantitative estimate of drug-likeness (QED) is 0.191. The minimum absolute atomic E-state index is 0.198. The lowest BCUT2D eigenvalue weighted by Crippen LogP contribution is -2.43. The van der Waals surface area contributed by atoms with Gasteiger partial charge in [-0.05, 0) is 6.42 Å². The van der Waals surface area contributed by atoms with Crippen LogP contribution in [-0.2, 0) is 41.1 Å². The fourth-order valence-corrected chi connectivity index (χ4v) is 6.26. The summed E-state index contributed by atoms with van der Waals surface area (Å²) in [5.74, 6) is -0.746. The summed E-state index contributed by atoms with van der Waals surface area (Å²) in [6.07, 6.45) is -2.39. The van der Waals surface area contributed by atoms with Crippen LogP contribution in [0.15, 0.2) is 21.9 Å². The van der Waals surface area contributed by atoms with Crippen LogP contribution in [0.1, 0.15) is 33.4 Å². The normalized spacial score (nSPS) is 28.7. The Morgan fingerprint density at radius 2 is 1.79 bits per heavy atom. The summed E-state index contributed by atoms with van der Waals surface area (Å²) in [6, 6.07) is 1.01. The van der Waals surface area contributed by atoms with E-state index < -0.39 is 71.1 Å². The first-order valence-electron chi connectivity index (χ1n) is 9.31. The zero-order valence-electron chi connectivity index (χ0n) is 17.9. The van der Waals surface area contributed by atoms with Crippen molar-refractivity contribution in [3.63, 3.8) is 0 Å². The maximum atomic E-state index is 12.3. The molecule has 0 bridgehead atoms. The van der Waals surface area contributed by atoms with Crippen molar-refractivity contribution < 1.29 is 60.7 Å². The van der Waals surface area contributed by atoms with Crippen molar-refractivity contribution in [3.05, 3.63) is 33.1 Å². The average Bonchev–Trinajstić information content (AvgIpc) is 2.89. The lowest BCUT2D eigenvalue weighted by molar-refractivity contribution is -0.156. The number of hydrogen-bond donors (Lipinski definition) is 5. The molecule has 0 aromatic carbocycles. The third-order valence-corrected chi connectivity index (χ3v) is 8.74. The van der Waals surface area contributed by atoms with Gasteiger partial charge in [-0.3, -0.25) is 23.7 Å². The summed E-state index contributed by atoms with van der Waals surface area (Å²) < 4.78 is 58.3. The zero-order chi connectivity index (χ0) is 26.1. The van der Waals surface area contributed by atoms with Gasteiger partial charge in [-0.1, -0.05) is 13.8 Å². The number of ether oxygens (including phenoxy) is 2. The van der Waals surface area contributed by atoms with Crippen LogP contribution in [0.4, 0.5) is 0 Å². The molecule has 194 valence electrons. The monoisotopic (exact) mass is 552 g/mol. The Bertz CT molecular complexity index is 1170. The SMILES string of the molecule is CC[C@]1(C)[C@@H](COP(=O)(O)OP(=O)(O)OP(=O)(O)O)O[C@@H](n2ccc(=O)[nH]c2=O)[C@@H]1OC(C)=O. The van der Waals surface area contributed by atoms with E-state index in [9.17, 15) is 37.9 Å². The summed E-state index contributed by atoms with van der Waals surface area (Å²) in [5.41, 5.74) is -2.77. The largest absolute Gasteiger partial charge is 0.490 e. The third kappa shape index (κ3) is 7.26. The van der Waals surface area contributed by atoms with Gasteiger partial charge >= 0.3 is 35.1 Å². The van der Waals surface area contributed by atoms with E-state index in [0.717, 1.165) is 23.8 Å². The van der Waals surface area contributed by atoms with Gasteiger partial charge in [0.2, 0.25) is 0 Å². The number of esters is 1. The molecule has 0 saturated carbocycles. The van der Waals surface area contributed by atoms with E-state index in [1.54, 1.807) is 13.8 Å². The standard InChI is InChI=1S/C14H23N2O15P3/c1-4-14(3)9(7-27-33(23,24)31-34(25,26)30-32(20,21)22)29-12(11(14)28-8(2)17)16-6-5-10(18)15-13(16)19/h5-6,9,11-12H,4,7H2,1-3H3,(H,23,24)(H,25,26)(H,15,18,19)(H2,20,21,22)/t9-,11+,12-,14-/m1/s1. The highest BCUT2D eigenvalue weighted by Gasteiger charge is 2.56. The van der Waals surface area contributed by atoms with Gasteiger partial charge in [-0.2, -0.15) is 8.62 Å². The van der Waals surface area contributed by atoms with Crippen molar-refractivity contribution in [3.8, 4) is 0 Å². The van der Waals surface area contributed by atoms with Crippen molar-refractivity contribution in [1.29, 1.82) is 0 Å². The summed E-state index contributed by atoms with van der Waals surface area (Å²) >= 11 is 0. The van der Waals surface area contributed by atoms with Gasteiger partial charge in [-0.15, -0.1) is 0 Å². The molecule has 0 amide bonds. The molecule has 2 rings (SSSR count). The molecule has 0 aliphatic carbocycles. The Hall–Kier alpha value is -1.48. The average molecular weight is 552 g/mol. The predicted molar refractivity (Wildman–Crippen MR) is 109 cm³/mol. The molecule has 6 atom stereocenters. The topological polar surface area (TPSA) is 250 Å². The first kappa shape index (κ1) is 28.8. The molecule has 1 saturated heterocycles. The number of phosphoric ester groups is 1. The predicted octanol–water partition coefficient (Wildman–Crippen LogP) is 0.125. The molecule has 1 aliphatic rings. The van der Waals surface area contributed by atoms with E-state index >= 15 is 0 Å². The van der Waals surface area contributed by atoms with Crippen LogP contribution in [0, 0.1) is 5.41 Å². The van der Waals surface area contributed by atoms with Crippen molar-refractivity contribution in [2.75, 3.05) is 6.61 Å². The van der Waals surface area contributed by atoms with E-state index in [-0.39, 0.29) is 6.42 Å². The molecule has 1 fully saturated rings. The molecular weight excluding hydrogens is 529 g/mol. The van der Waals surface area contributed by atoms with Gasteiger partial charge in [-0.25, -0.2) is 18.5 Å². The number of aromatic nitrogens is 2. The van der Waals surface area contributed by atoms with E-state index in [1.807, 2.05) is 4.98 Å². The zero-order valence-corrected chi connectivity index (χ0v) is 20.6. The molecule has 1 aromatic heterocycles. The molecule has 5 N–H and O–H groups in total. The molecule has 0 radical (unpaired) electrons. The van der Waals surface area contributed by atoms with Crippen LogP contribution >= 0.6 is 23.5 Å². The van der Waals surface area contributed by atoms with Crippen LogP contribution < -0.4 is 11.2 Å². The summed E-state index contributed by atoms with van der Waals surface area (Å²) in [7, 11) is -16.8. The smallest absolute Gasteiger partial charge is 0.457 e. The number of rotatable bonds is 10. The van der Waals surface area contributed by atoms with Crippen molar-refractivity contribution in [2.45, 2.75) is 45.6 Å². The van der Waals surface area contributed by atoms with Crippen LogP contribution in [0.3, 0.4) is 0 Å². The molecule has 2 heterocycles. The number of aromatic amines is 1. The van der Waals surface area contributed by atoms with E-state index in [1.165, 1.54) is 0 Å². The van der Waals surface area contributed by atoms with Crippen molar-refractivity contribution >= 4 is 29.4 Å². The Morgan fingerprint density at radius 3 is 2.29 bits per heavy atom. The van der Waals surface area contributed by atoms with Crippen LogP contribution in [-0.4, -0.2) is 53.9 Å². The Balaban J connectivity index is 2.32. The fraction of sp³-hybridized carbons (Fsp3) is 0.643. The third-order valence-electron chi connectivity index (χ3n) is 4.93. The second-order valence-corrected chi connectivity index (χ2v) is 11.7. The number of carbonyl (C=O) groups excluding carboxylic acids is 1. The summed E-state index contributed by atoms with van der Waals surface area (Å²) in [4.78, 5) is 73.5. The van der Waals surface area contributed by atoms with Gasteiger partial charge in [0, 0.05) is 24.6 Å². The molecule has 1 aliphatic heterocycles. The number of carbonyl (C=O) groups is 1. The minimum Gasteiger partial charge on any atom is -0.457 e. The molecule has 17 nitrogen and oxygen atoms in total. The Kier molecular flexibility index (Phi) is 8.67. The van der Waals surface area contributed by atoms with Gasteiger partial charge in [0.25, 0.3) is 5.56 Å². The van der Waals surface area contributed by atoms with Crippen LogP contribution in [0.5, 0.6) is 0 Å². The summed E-state index contributed by atoms with van der Waals surface area (Å²) in [5, 5.41) is 0. The van der Waals surface area contributed by atoms with Gasteiger partial charge < -0.3 is 29.0 Å². The van der Waals surface area contributed by atoms with Crippen LogP contribution in [0.25, 0.3) is 0 Å². The van der Waals surface area contributed by atoms with Crippen molar-refractivity contribution in [2.24, 2.45) is 5.41 Å². The van der Waals surface area contributed by atoms with Gasteiger partial charge in [0.05, 0.1) is 12.7 Å². The highest BCUT2D eigenvalue weighted by Crippen LogP contribution is 2.66. The second-order valence-electron chi connectivity index (χ2n) is 7.31. The number of hydrogen-bond acceptors (Lipinski definition) is 11. The Labute approximate surface area is 191 Å². The molecule has 34 heavy (non-hydrogen) atoms. The summed E-state index contributed by atoms with van der Waals surface area (Å²) in [6.45, 7) is 3.46. The first-order chi connectivity index (χ1) is 15.4. The highest BCUT2D eigenvalue weighted by molar-refractivity contribution is 7.66. The lowest BCUT2D eigenvalue weighted by Gasteiger charge is -2.33. The number of nitrogens with zero attached hydrogens (tertiary/aromatic N) is 1. The number of phosphoric acid groups is 3. The van der Waals surface area contributed by atoms with Gasteiger partial charge in [0.1, 0.15) is 0 Å². The fourth-order valence-electron chi connectivity index (χ4n) is 3.24. The maximum absolute atomic E-state index is 12.3.